The maximum atomic E-state index is 12.0. The summed E-state index contributed by atoms with van der Waals surface area (Å²) in [7, 11) is 0. The predicted octanol–water partition coefficient (Wildman–Crippen LogP) is 2.23. The molecule has 0 unspecified atom stereocenters. The molecule has 0 bridgehead atoms. The summed E-state index contributed by atoms with van der Waals surface area (Å²) in [6.45, 7) is 0. The zero-order valence-electron chi connectivity index (χ0n) is 16.8. The van der Waals surface area contributed by atoms with Crippen LogP contribution in [0.2, 0.25) is 0 Å². The van der Waals surface area contributed by atoms with Crippen molar-refractivity contribution in [1.29, 1.82) is 0 Å². The molecule has 0 spiro atoms. The standard InChI is InChI=1S/C22H21N7O2/c30-18-10-13(20(31)26-18)9-14-11-23-29-19(14)27-21(28-22(29)24-15-6-7-15)25-17-8-5-12-3-1-2-4-16(12)17/h1-4,9,11,15,17H,5-8,10H2,(H,26,30,31)(H2,24,25,27,28)/b13-9+/t17-/m1/s1. The van der Waals surface area contributed by atoms with Gasteiger partial charge in [-0.2, -0.15) is 19.6 Å². The van der Waals surface area contributed by atoms with Gasteiger partial charge in [0.2, 0.25) is 17.8 Å². The number of rotatable bonds is 5. The lowest BCUT2D eigenvalue weighted by Crippen LogP contribution is -2.19. The molecule has 1 atom stereocenters. The van der Waals surface area contributed by atoms with Crippen LogP contribution in [0.4, 0.5) is 11.9 Å². The number of hydrogen-bond donors (Lipinski definition) is 3. The second kappa shape index (κ2) is 6.90. The quantitative estimate of drug-likeness (QED) is 0.433. The fourth-order valence-corrected chi connectivity index (χ4v) is 4.24. The molecule has 31 heavy (non-hydrogen) atoms. The second-order valence-electron chi connectivity index (χ2n) is 8.28. The van der Waals surface area contributed by atoms with Crippen LogP contribution in [0.3, 0.4) is 0 Å². The Balaban J connectivity index is 1.40. The van der Waals surface area contributed by atoms with Crippen molar-refractivity contribution < 1.29 is 9.59 Å². The summed E-state index contributed by atoms with van der Waals surface area (Å²) in [5.41, 5.74) is 4.31. The third kappa shape index (κ3) is 3.31. The number of hydrogen-bond acceptors (Lipinski definition) is 7. The number of aryl methyl sites for hydroxylation is 1. The Bertz CT molecular complexity index is 1260. The molecule has 3 aliphatic rings. The van der Waals surface area contributed by atoms with Crippen LogP contribution in [-0.2, 0) is 16.0 Å². The van der Waals surface area contributed by atoms with Crippen LogP contribution in [0.25, 0.3) is 11.7 Å². The molecule has 2 aliphatic carbocycles. The molecule has 3 heterocycles. The van der Waals surface area contributed by atoms with Gasteiger partial charge in [-0.15, -0.1) is 0 Å². The van der Waals surface area contributed by atoms with Gasteiger partial charge in [0.05, 0.1) is 18.7 Å². The number of imide groups is 1. The Kier molecular flexibility index (Phi) is 4.02. The largest absolute Gasteiger partial charge is 0.351 e. The number of anilines is 2. The first-order chi connectivity index (χ1) is 15.1. The molecular formula is C22H21N7O2. The average Bonchev–Trinajstić information content (AvgIpc) is 3.20. The van der Waals surface area contributed by atoms with Gasteiger partial charge in [0.1, 0.15) is 0 Å². The van der Waals surface area contributed by atoms with Crippen molar-refractivity contribution in [3.8, 4) is 0 Å². The van der Waals surface area contributed by atoms with Gasteiger partial charge in [0.15, 0.2) is 5.65 Å². The van der Waals surface area contributed by atoms with Gasteiger partial charge in [-0.25, -0.2) is 0 Å². The maximum absolute atomic E-state index is 12.0. The summed E-state index contributed by atoms with van der Waals surface area (Å²) in [6.07, 6.45) is 7.62. The van der Waals surface area contributed by atoms with Crippen molar-refractivity contribution >= 4 is 35.4 Å². The molecule has 1 aliphatic heterocycles. The monoisotopic (exact) mass is 415 g/mol. The Morgan fingerprint density at radius 2 is 1.97 bits per heavy atom. The molecule has 3 N–H and O–H groups in total. The summed E-state index contributed by atoms with van der Waals surface area (Å²) in [6, 6.07) is 8.97. The molecule has 1 saturated carbocycles. The fourth-order valence-electron chi connectivity index (χ4n) is 4.24. The number of aromatic nitrogens is 4. The molecule has 0 radical (unpaired) electrons. The molecule has 2 aromatic heterocycles. The van der Waals surface area contributed by atoms with Crippen LogP contribution in [-0.4, -0.2) is 37.4 Å². The Labute approximate surface area is 178 Å². The van der Waals surface area contributed by atoms with Crippen molar-refractivity contribution in [3.05, 3.63) is 52.7 Å². The summed E-state index contributed by atoms with van der Waals surface area (Å²) >= 11 is 0. The molecule has 2 fully saturated rings. The van der Waals surface area contributed by atoms with Crippen molar-refractivity contribution in [1.82, 2.24) is 24.9 Å². The van der Waals surface area contributed by atoms with E-state index in [1.165, 1.54) is 11.1 Å². The molecular weight excluding hydrogens is 394 g/mol. The Morgan fingerprint density at radius 3 is 2.77 bits per heavy atom. The lowest BCUT2D eigenvalue weighted by molar-refractivity contribution is -0.124. The number of benzene rings is 1. The lowest BCUT2D eigenvalue weighted by Gasteiger charge is -2.15. The number of nitrogens with zero attached hydrogens (tertiary/aromatic N) is 4. The molecule has 1 aromatic carbocycles. The van der Waals surface area contributed by atoms with Gasteiger partial charge >= 0.3 is 0 Å². The summed E-state index contributed by atoms with van der Waals surface area (Å²) < 4.78 is 1.66. The zero-order chi connectivity index (χ0) is 20.9. The molecule has 1 saturated heterocycles. The molecule has 2 amide bonds. The van der Waals surface area contributed by atoms with Crippen LogP contribution in [0.15, 0.2) is 36.0 Å². The van der Waals surface area contributed by atoms with Crippen molar-refractivity contribution in [2.45, 2.75) is 44.2 Å². The first kappa shape index (κ1) is 18.1. The van der Waals surface area contributed by atoms with Crippen molar-refractivity contribution in [2.75, 3.05) is 10.6 Å². The predicted molar refractivity (Wildman–Crippen MR) is 114 cm³/mol. The normalized spacial score (nSPS) is 21.5. The van der Waals surface area contributed by atoms with E-state index in [1.807, 2.05) is 0 Å². The minimum absolute atomic E-state index is 0.0679. The van der Waals surface area contributed by atoms with E-state index in [2.05, 4.69) is 45.3 Å². The van der Waals surface area contributed by atoms with E-state index in [9.17, 15) is 9.59 Å². The van der Waals surface area contributed by atoms with E-state index in [-0.39, 0.29) is 24.3 Å². The van der Waals surface area contributed by atoms with E-state index >= 15 is 0 Å². The van der Waals surface area contributed by atoms with Crippen molar-refractivity contribution in [2.24, 2.45) is 0 Å². The highest BCUT2D eigenvalue weighted by molar-refractivity contribution is 6.15. The molecule has 3 aromatic rings. The summed E-state index contributed by atoms with van der Waals surface area (Å²) in [5, 5.41) is 13.7. The van der Waals surface area contributed by atoms with E-state index in [0.717, 1.165) is 25.7 Å². The number of carbonyl (C=O) groups is 2. The van der Waals surface area contributed by atoms with E-state index in [0.29, 0.717) is 34.7 Å². The minimum atomic E-state index is -0.365. The number of nitrogens with one attached hydrogen (secondary N) is 3. The zero-order valence-corrected chi connectivity index (χ0v) is 16.8. The second-order valence-corrected chi connectivity index (χ2v) is 8.28. The lowest BCUT2D eigenvalue weighted by atomic mass is 10.1. The third-order valence-electron chi connectivity index (χ3n) is 5.97. The van der Waals surface area contributed by atoms with Crippen LogP contribution in [0.1, 0.15) is 48.4 Å². The van der Waals surface area contributed by atoms with Gasteiger partial charge in [0, 0.05) is 17.2 Å². The number of carbonyl (C=O) groups excluding carboxylic acids is 2. The number of amides is 2. The van der Waals surface area contributed by atoms with Crippen LogP contribution in [0.5, 0.6) is 0 Å². The fraction of sp³-hybridized carbons (Fsp3) is 0.318. The molecule has 156 valence electrons. The topological polar surface area (TPSA) is 113 Å². The first-order valence-electron chi connectivity index (χ1n) is 10.6. The van der Waals surface area contributed by atoms with Crippen LogP contribution < -0.4 is 16.0 Å². The molecule has 9 nitrogen and oxygen atoms in total. The first-order valence-corrected chi connectivity index (χ1v) is 10.6. The highest BCUT2D eigenvalue weighted by Gasteiger charge is 2.27. The SMILES string of the molecule is O=C1C/C(=C\c2cnn3c(NC4CC4)nc(N[C@@H]4CCc5ccccc54)nc23)C(=O)N1. The highest BCUT2D eigenvalue weighted by Crippen LogP contribution is 2.33. The van der Waals surface area contributed by atoms with Gasteiger partial charge in [-0.1, -0.05) is 24.3 Å². The Hall–Kier alpha value is -3.75. The summed E-state index contributed by atoms with van der Waals surface area (Å²) in [5.74, 6) is 0.485. The molecule has 9 heteroatoms. The van der Waals surface area contributed by atoms with Gasteiger partial charge < -0.3 is 10.6 Å². The van der Waals surface area contributed by atoms with Crippen LogP contribution >= 0.6 is 0 Å². The van der Waals surface area contributed by atoms with Gasteiger partial charge in [-0.05, 0) is 42.9 Å². The van der Waals surface area contributed by atoms with Crippen LogP contribution in [0, 0.1) is 0 Å². The molecule has 6 rings (SSSR count). The van der Waals surface area contributed by atoms with Gasteiger partial charge in [-0.3, -0.25) is 14.9 Å². The maximum Gasteiger partial charge on any atom is 0.254 e. The smallest absolute Gasteiger partial charge is 0.254 e. The van der Waals surface area contributed by atoms with Gasteiger partial charge in [0.25, 0.3) is 5.91 Å². The van der Waals surface area contributed by atoms with E-state index in [4.69, 9.17) is 9.97 Å². The Morgan fingerprint density at radius 1 is 1.10 bits per heavy atom. The third-order valence-corrected chi connectivity index (χ3v) is 5.97. The number of fused-ring (bicyclic) bond motifs is 2. The minimum Gasteiger partial charge on any atom is -0.351 e. The highest BCUT2D eigenvalue weighted by atomic mass is 16.2. The average molecular weight is 415 g/mol. The summed E-state index contributed by atoms with van der Waals surface area (Å²) in [4.78, 5) is 33.0. The van der Waals surface area contributed by atoms with Crippen molar-refractivity contribution in [3.63, 3.8) is 0 Å². The van der Waals surface area contributed by atoms with E-state index < -0.39 is 0 Å². The van der Waals surface area contributed by atoms with E-state index in [1.54, 1.807) is 16.8 Å².